The zero-order valence-corrected chi connectivity index (χ0v) is 26.1. The summed E-state index contributed by atoms with van der Waals surface area (Å²) in [6, 6.07) is 21.2. The van der Waals surface area contributed by atoms with E-state index in [1.165, 1.54) is 46.6 Å². The van der Waals surface area contributed by atoms with Crippen molar-refractivity contribution in [1.82, 2.24) is 14.9 Å². The highest BCUT2D eigenvalue weighted by Gasteiger charge is 2.42. The molecule has 2 fully saturated rings. The van der Waals surface area contributed by atoms with Gasteiger partial charge in [-0.3, -0.25) is 4.98 Å². The average Bonchev–Trinajstić information content (AvgIpc) is 3.45. The Morgan fingerprint density at radius 3 is 2.41 bits per heavy atom. The molecule has 2 saturated heterocycles. The van der Waals surface area contributed by atoms with Crippen molar-refractivity contribution >= 4 is 40.3 Å². The first-order valence-corrected chi connectivity index (χ1v) is 15.3. The second kappa shape index (κ2) is 11.1. The highest BCUT2D eigenvalue weighted by Crippen LogP contribution is 2.45. The van der Waals surface area contributed by atoms with Crippen LogP contribution in [0.2, 0.25) is 5.02 Å². The molecule has 5 nitrogen and oxygen atoms in total. The van der Waals surface area contributed by atoms with Gasteiger partial charge in [-0.25, -0.2) is 0 Å². The van der Waals surface area contributed by atoms with Crippen LogP contribution >= 0.6 is 23.8 Å². The van der Waals surface area contributed by atoms with Gasteiger partial charge in [-0.05, 0) is 118 Å². The van der Waals surface area contributed by atoms with Gasteiger partial charge in [0, 0.05) is 42.0 Å². The van der Waals surface area contributed by atoms with Gasteiger partial charge in [-0.2, -0.15) is 0 Å². The molecule has 4 aromatic rings. The molecule has 2 unspecified atom stereocenters. The van der Waals surface area contributed by atoms with Crippen LogP contribution in [0.5, 0.6) is 0 Å². The second-order valence-corrected chi connectivity index (χ2v) is 12.5. The average molecular weight is 584 g/mol. The van der Waals surface area contributed by atoms with Crippen molar-refractivity contribution in [1.29, 1.82) is 0 Å². The molecule has 0 radical (unpaired) electrons. The van der Waals surface area contributed by atoms with Gasteiger partial charge < -0.3 is 19.7 Å². The Kier molecular flexibility index (Phi) is 7.56. The number of thiocarbonyl (C=S) groups is 1. The predicted octanol–water partition coefficient (Wildman–Crippen LogP) is 8.17. The first kappa shape index (κ1) is 27.8. The number of aromatic nitrogens is 2. The number of hydrogen-bond donors (Lipinski definition) is 1. The number of nitrogens with one attached hydrogen (secondary N) is 1. The van der Waals surface area contributed by atoms with E-state index in [0.29, 0.717) is 5.11 Å². The summed E-state index contributed by atoms with van der Waals surface area (Å²) >= 11 is 13.0. The second-order valence-electron chi connectivity index (χ2n) is 11.8. The lowest BCUT2D eigenvalue weighted by molar-refractivity contribution is 0.438. The van der Waals surface area contributed by atoms with Crippen molar-refractivity contribution in [2.45, 2.75) is 59.5 Å². The van der Waals surface area contributed by atoms with E-state index in [1.807, 2.05) is 18.3 Å². The quantitative estimate of drug-likeness (QED) is 0.240. The van der Waals surface area contributed by atoms with E-state index in [-0.39, 0.29) is 12.1 Å². The number of hydrogen-bond acceptors (Lipinski definition) is 3. The van der Waals surface area contributed by atoms with Crippen molar-refractivity contribution < 1.29 is 0 Å². The lowest BCUT2D eigenvalue weighted by Gasteiger charge is -2.33. The van der Waals surface area contributed by atoms with E-state index in [4.69, 9.17) is 28.8 Å². The number of nitrogens with zero attached hydrogens (tertiary/aromatic N) is 4. The topological polar surface area (TPSA) is 36.3 Å². The molecule has 2 atom stereocenters. The maximum Gasteiger partial charge on any atom is 0.174 e. The van der Waals surface area contributed by atoms with E-state index in [2.05, 4.69) is 103 Å². The molecular formula is C34H38ClN5S. The van der Waals surface area contributed by atoms with Crippen LogP contribution in [0.4, 0.5) is 11.4 Å². The molecule has 2 aromatic heterocycles. The van der Waals surface area contributed by atoms with Crippen LogP contribution in [0, 0.1) is 33.6 Å². The highest BCUT2D eigenvalue weighted by molar-refractivity contribution is 7.80. The molecule has 2 aliphatic rings. The monoisotopic (exact) mass is 583 g/mol. The molecular weight excluding hydrogens is 546 g/mol. The molecule has 1 N–H and O–H groups in total. The molecule has 2 aliphatic heterocycles. The normalized spacial score (nSPS) is 19.6. The van der Waals surface area contributed by atoms with Gasteiger partial charge in [0.2, 0.25) is 0 Å². The van der Waals surface area contributed by atoms with Gasteiger partial charge in [0.05, 0.1) is 28.5 Å². The maximum absolute atomic E-state index is 7.00. The minimum Gasteiger partial charge on any atom is -0.370 e. The van der Waals surface area contributed by atoms with Crippen molar-refractivity contribution in [3.8, 4) is 5.69 Å². The zero-order valence-electron chi connectivity index (χ0n) is 24.5. The third-order valence-electron chi connectivity index (χ3n) is 8.83. The molecule has 0 spiro atoms. The molecule has 0 bridgehead atoms. The third kappa shape index (κ3) is 5.13. The summed E-state index contributed by atoms with van der Waals surface area (Å²) in [6.45, 7) is 13.1. The fourth-order valence-corrected chi connectivity index (χ4v) is 7.16. The van der Waals surface area contributed by atoms with Crippen LogP contribution in [0.3, 0.4) is 0 Å². The van der Waals surface area contributed by atoms with E-state index in [1.54, 1.807) is 0 Å². The van der Waals surface area contributed by atoms with Crippen LogP contribution in [0.15, 0.2) is 66.9 Å². The number of anilines is 2. The molecule has 0 aliphatic carbocycles. The Balaban J connectivity index is 1.45. The molecule has 7 heteroatoms. The van der Waals surface area contributed by atoms with Crippen LogP contribution in [0.1, 0.15) is 65.6 Å². The van der Waals surface area contributed by atoms with Gasteiger partial charge in [0.1, 0.15) is 0 Å². The van der Waals surface area contributed by atoms with E-state index < -0.39 is 0 Å². The Labute approximate surface area is 254 Å². The Morgan fingerprint density at radius 1 is 0.927 bits per heavy atom. The van der Waals surface area contributed by atoms with Gasteiger partial charge in [0.25, 0.3) is 0 Å². The number of aryl methyl sites for hydroxylation is 3. The number of benzene rings is 2. The number of pyridine rings is 1. The van der Waals surface area contributed by atoms with E-state index in [0.717, 1.165) is 41.1 Å². The highest BCUT2D eigenvalue weighted by atomic mass is 35.5. The lowest BCUT2D eigenvalue weighted by Crippen LogP contribution is -2.33. The van der Waals surface area contributed by atoms with Crippen molar-refractivity contribution in [2.75, 3.05) is 22.9 Å². The first-order valence-electron chi connectivity index (χ1n) is 14.5. The summed E-state index contributed by atoms with van der Waals surface area (Å²) in [5, 5.41) is 5.06. The molecule has 6 rings (SSSR count). The molecule has 0 amide bonds. The minimum atomic E-state index is -0.113. The van der Waals surface area contributed by atoms with Gasteiger partial charge in [-0.1, -0.05) is 36.7 Å². The first-order chi connectivity index (χ1) is 19.7. The predicted molar refractivity (Wildman–Crippen MR) is 175 cm³/mol. The molecule has 212 valence electrons. The number of piperidine rings is 1. The molecule has 0 saturated carbocycles. The van der Waals surface area contributed by atoms with E-state index >= 15 is 0 Å². The molecule has 4 heterocycles. The fraction of sp³-hybridized carbons (Fsp3) is 0.353. The van der Waals surface area contributed by atoms with Crippen molar-refractivity contribution in [2.24, 2.45) is 5.92 Å². The summed E-state index contributed by atoms with van der Waals surface area (Å²) in [5.41, 5.74) is 10.4. The Hall–Kier alpha value is -3.35. The van der Waals surface area contributed by atoms with Crippen LogP contribution < -0.4 is 15.1 Å². The van der Waals surface area contributed by atoms with Crippen LogP contribution in [-0.2, 0) is 0 Å². The van der Waals surface area contributed by atoms with Crippen LogP contribution in [-0.4, -0.2) is 27.8 Å². The Morgan fingerprint density at radius 2 is 1.71 bits per heavy atom. The van der Waals surface area contributed by atoms with Gasteiger partial charge in [0.15, 0.2) is 5.11 Å². The number of rotatable bonds is 5. The molecule has 2 aromatic carbocycles. The maximum atomic E-state index is 7.00. The summed E-state index contributed by atoms with van der Waals surface area (Å²) in [5.74, 6) is 0.768. The smallest absolute Gasteiger partial charge is 0.174 e. The lowest BCUT2D eigenvalue weighted by atomic mass is 9.96. The SMILES string of the molecule is Cc1ccc(C)c(-n2c(C)cc(C3C(c4ccccn4)NC(=S)N3c3ccc(N4CCC(C)CC4)c(Cl)c3)c2C)c1. The van der Waals surface area contributed by atoms with E-state index in [9.17, 15) is 0 Å². The largest absolute Gasteiger partial charge is 0.370 e. The fourth-order valence-electron chi connectivity index (χ4n) is 6.52. The summed E-state index contributed by atoms with van der Waals surface area (Å²) in [4.78, 5) is 9.40. The third-order valence-corrected chi connectivity index (χ3v) is 9.44. The van der Waals surface area contributed by atoms with Crippen molar-refractivity contribution in [3.05, 3.63) is 106 Å². The summed E-state index contributed by atoms with van der Waals surface area (Å²) < 4.78 is 2.38. The molecule has 41 heavy (non-hydrogen) atoms. The van der Waals surface area contributed by atoms with Gasteiger partial charge >= 0.3 is 0 Å². The Bertz CT molecular complexity index is 1590. The van der Waals surface area contributed by atoms with Gasteiger partial charge in [-0.15, -0.1) is 0 Å². The van der Waals surface area contributed by atoms with Crippen LogP contribution in [0.25, 0.3) is 5.69 Å². The zero-order chi connectivity index (χ0) is 28.8. The summed E-state index contributed by atoms with van der Waals surface area (Å²) in [7, 11) is 0. The standard InChI is InChI=1S/C34H38ClN5S/c1-21-13-16-38(17-14-21)30-12-11-26(20-28(30)35)40-33(32(37-34(40)41)29-8-6-7-15-36-29)27-19-24(4)39(25(27)5)31-18-22(2)9-10-23(31)3/h6-12,15,18-21,32-33H,13-14,16-17H2,1-5H3,(H,37,41). The summed E-state index contributed by atoms with van der Waals surface area (Å²) in [6.07, 6.45) is 4.24. The van der Waals surface area contributed by atoms with Crippen molar-refractivity contribution in [3.63, 3.8) is 0 Å². The minimum absolute atomic E-state index is 0.0970. The number of halogens is 1.